The molecule has 0 saturated carbocycles. The van der Waals surface area contributed by atoms with Crippen molar-refractivity contribution in [2.24, 2.45) is 0 Å². The molecule has 0 aromatic heterocycles. The van der Waals surface area contributed by atoms with Crippen LogP contribution in [0.4, 0.5) is 16.2 Å². The number of urea groups is 1. The molecule has 7 heteroatoms. The maximum atomic E-state index is 12.1. The summed E-state index contributed by atoms with van der Waals surface area (Å²) in [5.74, 6) is 0.330. The predicted octanol–water partition coefficient (Wildman–Crippen LogP) is 3.55. The SMILES string of the molecule is CC(NC(=O)Nc1ccc2c(c1)OCC(=O)N2)c1ccc(Cl)cc1. The third kappa shape index (κ3) is 3.78. The standard InChI is InChI=1S/C17H16ClN3O3/c1-10(11-2-4-12(18)5-3-11)19-17(23)20-13-6-7-14-15(8-13)24-9-16(22)21-14/h2-8,10H,9H2,1H3,(H,21,22)(H2,19,20,23). The number of ether oxygens (including phenoxy) is 1. The molecule has 0 fully saturated rings. The smallest absolute Gasteiger partial charge is 0.319 e. The van der Waals surface area contributed by atoms with Gasteiger partial charge in [0, 0.05) is 16.8 Å². The Labute approximate surface area is 144 Å². The molecule has 6 nitrogen and oxygen atoms in total. The van der Waals surface area contributed by atoms with E-state index in [1.807, 2.05) is 19.1 Å². The second-order valence-electron chi connectivity index (χ2n) is 5.42. The Balaban J connectivity index is 1.62. The molecule has 1 atom stereocenters. The summed E-state index contributed by atoms with van der Waals surface area (Å²) in [5, 5.41) is 8.94. The second kappa shape index (κ2) is 6.80. The molecule has 1 aliphatic heterocycles. The lowest BCUT2D eigenvalue weighted by molar-refractivity contribution is -0.118. The van der Waals surface area contributed by atoms with Gasteiger partial charge in [0.15, 0.2) is 6.61 Å². The average Bonchev–Trinajstić information content (AvgIpc) is 2.55. The quantitative estimate of drug-likeness (QED) is 0.795. The van der Waals surface area contributed by atoms with E-state index in [0.717, 1.165) is 5.56 Å². The summed E-state index contributed by atoms with van der Waals surface area (Å²) in [4.78, 5) is 23.4. The lowest BCUT2D eigenvalue weighted by Gasteiger charge is -2.19. The largest absolute Gasteiger partial charge is 0.482 e. The highest BCUT2D eigenvalue weighted by Crippen LogP contribution is 2.30. The van der Waals surface area contributed by atoms with E-state index in [2.05, 4.69) is 16.0 Å². The zero-order valence-corrected chi connectivity index (χ0v) is 13.7. The summed E-state index contributed by atoms with van der Waals surface area (Å²) < 4.78 is 5.32. The van der Waals surface area contributed by atoms with E-state index in [9.17, 15) is 9.59 Å². The number of halogens is 1. The van der Waals surface area contributed by atoms with E-state index in [4.69, 9.17) is 16.3 Å². The Morgan fingerprint density at radius 1 is 1.25 bits per heavy atom. The van der Waals surface area contributed by atoms with Crippen molar-refractivity contribution in [1.29, 1.82) is 0 Å². The monoisotopic (exact) mass is 345 g/mol. The van der Waals surface area contributed by atoms with Crippen molar-refractivity contribution in [2.75, 3.05) is 17.2 Å². The molecule has 3 rings (SSSR count). The summed E-state index contributed by atoms with van der Waals surface area (Å²) in [6.07, 6.45) is 0. The topological polar surface area (TPSA) is 79.5 Å². The molecule has 124 valence electrons. The number of anilines is 2. The first kappa shape index (κ1) is 16.1. The van der Waals surface area contributed by atoms with E-state index in [1.54, 1.807) is 30.3 Å². The van der Waals surface area contributed by atoms with Crippen LogP contribution in [0.2, 0.25) is 5.02 Å². The number of fused-ring (bicyclic) bond motifs is 1. The summed E-state index contributed by atoms with van der Waals surface area (Å²) in [6, 6.07) is 11.8. The molecule has 1 aliphatic rings. The van der Waals surface area contributed by atoms with Gasteiger partial charge in [-0.3, -0.25) is 4.79 Å². The van der Waals surface area contributed by atoms with Crippen LogP contribution < -0.4 is 20.7 Å². The number of hydrogen-bond donors (Lipinski definition) is 3. The average molecular weight is 346 g/mol. The van der Waals surface area contributed by atoms with E-state index in [1.165, 1.54) is 0 Å². The highest BCUT2D eigenvalue weighted by molar-refractivity contribution is 6.30. The molecule has 0 aliphatic carbocycles. The first-order valence-electron chi connectivity index (χ1n) is 7.41. The van der Waals surface area contributed by atoms with Gasteiger partial charge in [-0.1, -0.05) is 23.7 Å². The van der Waals surface area contributed by atoms with Crippen molar-refractivity contribution in [3.8, 4) is 5.75 Å². The zero-order valence-electron chi connectivity index (χ0n) is 12.9. The lowest BCUT2D eigenvalue weighted by Crippen LogP contribution is -2.31. The van der Waals surface area contributed by atoms with E-state index in [0.29, 0.717) is 22.1 Å². The zero-order chi connectivity index (χ0) is 17.1. The number of carbonyl (C=O) groups is 2. The molecule has 0 spiro atoms. The molecule has 0 bridgehead atoms. The van der Waals surface area contributed by atoms with Gasteiger partial charge in [-0.2, -0.15) is 0 Å². The number of hydrogen-bond acceptors (Lipinski definition) is 3. The minimum atomic E-state index is -0.336. The Hall–Kier alpha value is -2.73. The van der Waals surface area contributed by atoms with Crippen LogP contribution in [-0.2, 0) is 4.79 Å². The second-order valence-corrected chi connectivity index (χ2v) is 5.86. The van der Waals surface area contributed by atoms with Gasteiger partial charge in [0.1, 0.15) is 5.75 Å². The lowest BCUT2D eigenvalue weighted by atomic mass is 10.1. The van der Waals surface area contributed by atoms with Crippen molar-refractivity contribution < 1.29 is 14.3 Å². The molecule has 1 unspecified atom stereocenters. The number of benzene rings is 2. The number of carbonyl (C=O) groups excluding carboxylic acids is 2. The van der Waals surface area contributed by atoms with Crippen molar-refractivity contribution in [3.63, 3.8) is 0 Å². The predicted molar refractivity (Wildman–Crippen MR) is 92.6 cm³/mol. The fourth-order valence-corrected chi connectivity index (χ4v) is 2.48. The summed E-state index contributed by atoms with van der Waals surface area (Å²) >= 11 is 5.86. The summed E-state index contributed by atoms with van der Waals surface area (Å²) in [5.41, 5.74) is 2.11. The highest BCUT2D eigenvalue weighted by atomic mass is 35.5. The molecular formula is C17H16ClN3O3. The Bertz CT molecular complexity index is 777. The molecule has 2 aromatic carbocycles. The van der Waals surface area contributed by atoms with Crippen LogP contribution in [0.5, 0.6) is 5.75 Å². The van der Waals surface area contributed by atoms with Crippen molar-refractivity contribution >= 4 is 34.9 Å². The van der Waals surface area contributed by atoms with E-state index >= 15 is 0 Å². The molecule has 3 N–H and O–H groups in total. The van der Waals surface area contributed by atoms with Gasteiger partial charge >= 0.3 is 6.03 Å². The molecule has 3 amide bonds. The maximum absolute atomic E-state index is 12.1. The van der Waals surface area contributed by atoms with Crippen molar-refractivity contribution in [2.45, 2.75) is 13.0 Å². The minimum Gasteiger partial charge on any atom is -0.482 e. The van der Waals surface area contributed by atoms with Crippen LogP contribution in [0.25, 0.3) is 0 Å². The number of amides is 3. The Morgan fingerprint density at radius 3 is 2.75 bits per heavy atom. The molecule has 2 aromatic rings. The number of nitrogens with one attached hydrogen (secondary N) is 3. The van der Waals surface area contributed by atoms with E-state index in [-0.39, 0.29) is 24.6 Å². The van der Waals surface area contributed by atoms with Gasteiger partial charge in [0.25, 0.3) is 5.91 Å². The normalized spacial score (nSPS) is 14.0. The number of rotatable bonds is 3. The first-order chi connectivity index (χ1) is 11.5. The van der Waals surface area contributed by atoms with Crippen LogP contribution >= 0.6 is 11.6 Å². The maximum Gasteiger partial charge on any atom is 0.319 e. The van der Waals surface area contributed by atoms with Gasteiger partial charge in [-0.15, -0.1) is 0 Å². The summed E-state index contributed by atoms with van der Waals surface area (Å²) in [7, 11) is 0. The van der Waals surface area contributed by atoms with E-state index < -0.39 is 0 Å². The Kier molecular flexibility index (Phi) is 4.57. The van der Waals surface area contributed by atoms with Crippen LogP contribution in [0, 0.1) is 0 Å². The molecule has 0 radical (unpaired) electrons. The third-order valence-corrected chi connectivity index (χ3v) is 3.84. The fourth-order valence-electron chi connectivity index (χ4n) is 2.35. The van der Waals surface area contributed by atoms with Gasteiger partial charge < -0.3 is 20.7 Å². The van der Waals surface area contributed by atoms with Crippen LogP contribution in [0.3, 0.4) is 0 Å². The van der Waals surface area contributed by atoms with Crippen LogP contribution in [0.1, 0.15) is 18.5 Å². The van der Waals surface area contributed by atoms with Crippen molar-refractivity contribution in [3.05, 3.63) is 53.1 Å². The third-order valence-electron chi connectivity index (χ3n) is 3.59. The first-order valence-corrected chi connectivity index (χ1v) is 7.79. The fraction of sp³-hybridized carbons (Fsp3) is 0.176. The van der Waals surface area contributed by atoms with Gasteiger partial charge in [0.2, 0.25) is 0 Å². The van der Waals surface area contributed by atoms with Crippen molar-refractivity contribution in [1.82, 2.24) is 5.32 Å². The molecule has 1 heterocycles. The molecule has 24 heavy (non-hydrogen) atoms. The van der Waals surface area contributed by atoms with Crippen LogP contribution in [-0.4, -0.2) is 18.5 Å². The minimum absolute atomic E-state index is 0.0315. The van der Waals surface area contributed by atoms with Gasteiger partial charge in [-0.25, -0.2) is 4.79 Å². The van der Waals surface area contributed by atoms with Gasteiger partial charge in [0.05, 0.1) is 11.7 Å². The summed E-state index contributed by atoms with van der Waals surface area (Å²) in [6.45, 7) is 1.85. The highest BCUT2D eigenvalue weighted by Gasteiger charge is 2.17. The Morgan fingerprint density at radius 2 is 2.00 bits per heavy atom. The van der Waals surface area contributed by atoms with Gasteiger partial charge in [-0.05, 0) is 36.8 Å². The molecule has 0 saturated heterocycles. The van der Waals surface area contributed by atoms with Crippen LogP contribution in [0.15, 0.2) is 42.5 Å². The molecular weight excluding hydrogens is 330 g/mol.